The quantitative estimate of drug-likeness (QED) is 0.756. The number of carbonyl (C=O) groups is 1. The highest BCUT2D eigenvalue weighted by Crippen LogP contribution is 2.27. The molecule has 0 saturated carbocycles. The lowest BCUT2D eigenvalue weighted by atomic mass is 10.2. The van der Waals surface area contributed by atoms with E-state index in [9.17, 15) is 4.79 Å². The first-order chi connectivity index (χ1) is 11.1. The molecule has 6 heteroatoms. The number of hydrogen-bond donors (Lipinski definition) is 2. The fourth-order valence-corrected chi connectivity index (χ4v) is 2.81. The summed E-state index contributed by atoms with van der Waals surface area (Å²) in [5, 5.41) is 6.77. The zero-order valence-corrected chi connectivity index (χ0v) is 13.6. The molecule has 0 spiro atoms. The fraction of sp³-hybridized carbons (Fsp3) is 0.118. The molecule has 0 aliphatic heterocycles. The Labute approximate surface area is 138 Å². The second-order valence-electron chi connectivity index (χ2n) is 5.09. The molecule has 0 radical (unpaired) electrons. The second-order valence-corrected chi connectivity index (χ2v) is 5.94. The molecule has 2 aromatic heterocycles. The third-order valence-corrected chi connectivity index (χ3v) is 4.05. The Hall–Kier alpha value is -2.73. The van der Waals surface area contributed by atoms with Crippen LogP contribution in [0, 0.1) is 13.8 Å². The minimum Gasteiger partial charge on any atom is -0.345 e. The van der Waals surface area contributed by atoms with Gasteiger partial charge in [0.25, 0.3) is 5.91 Å². The number of aromatic nitrogens is 2. The van der Waals surface area contributed by atoms with E-state index >= 15 is 0 Å². The van der Waals surface area contributed by atoms with Crippen LogP contribution in [0.2, 0.25) is 0 Å². The standard InChI is InChI=1S/C17H16N4OS/c1-11-6-3-4-8-13(11)20-17-15(18-10-23-17)16(22)21-14-9-5-7-12(2)19-14/h3-10,20H,1-2H3,(H,19,21,22). The first-order valence-electron chi connectivity index (χ1n) is 7.14. The fourth-order valence-electron chi connectivity index (χ4n) is 2.12. The molecular formula is C17H16N4OS. The van der Waals surface area contributed by atoms with Crippen LogP contribution < -0.4 is 10.6 Å². The van der Waals surface area contributed by atoms with Crippen molar-refractivity contribution in [3.63, 3.8) is 0 Å². The Balaban J connectivity index is 1.80. The number of nitrogens with zero attached hydrogens (tertiary/aromatic N) is 2. The van der Waals surface area contributed by atoms with Gasteiger partial charge >= 0.3 is 0 Å². The van der Waals surface area contributed by atoms with Crippen molar-refractivity contribution in [1.29, 1.82) is 0 Å². The summed E-state index contributed by atoms with van der Waals surface area (Å²) >= 11 is 1.39. The molecule has 2 heterocycles. The van der Waals surface area contributed by atoms with Gasteiger partial charge in [-0.3, -0.25) is 4.79 Å². The Morgan fingerprint density at radius 3 is 2.70 bits per heavy atom. The van der Waals surface area contributed by atoms with Crippen molar-refractivity contribution in [2.75, 3.05) is 10.6 Å². The number of anilines is 3. The van der Waals surface area contributed by atoms with Gasteiger partial charge in [-0.05, 0) is 37.6 Å². The second kappa shape index (κ2) is 6.58. The average Bonchev–Trinajstić information content (AvgIpc) is 2.98. The number of benzene rings is 1. The summed E-state index contributed by atoms with van der Waals surface area (Å²) in [6.07, 6.45) is 0. The topological polar surface area (TPSA) is 66.9 Å². The number of carbonyl (C=O) groups excluding carboxylic acids is 1. The van der Waals surface area contributed by atoms with Crippen LogP contribution in [0.3, 0.4) is 0 Å². The van der Waals surface area contributed by atoms with E-state index in [-0.39, 0.29) is 5.91 Å². The number of thiazole rings is 1. The van der Waals surface area contributed by atoms with Gasteiger partial charge in [-0.25, -0.2) is 9.97 Å². The van der Waals surface area contributed by atoms with Crippen molar-refractivity contribution in [2.24, 2.45) is 0 Å². The summed E-state index contributed by atoms with van der Waals surface area (Å²) in [5.41, 5.74) is 4.92. The maximum atomic E-state index is 12.4. The van der Waals surface area contributed by atoms with Crippen LogP contribution in [0.4, 0.5) is 16.5 Å². The van der Waals surface area contributed by atoms with Gasteiger partial charge in [-0.1, -0.05) is 24.3 Å². The minimum atomic E-state index is -0.277. The number of rotatable bonds is 4. The van der Waals surface area contributed by atoms with Crippen LogP contribution in [-0.2, 0) is 0 Å². The van der Waals surface area contributed by atoms with E-state index < -0.39 is 0 Å². The Morgan fingerprint density at radius 2 is 1.91 bits per heavy atom. The van der Waals surface area contributed by atoms with Gasteiger partial charge in [-0.2, -0.15) is 0 Å². The van der Waals surface area contributed by atoms with Crippen molar-refractivity contribution in [3.05, 3.63) is 64.9 Å². The van der Waals surface area contributed by atoms with Gasteiger partial charge in [-0.15, -0.1) is 11.3 Å². The number of amides is 1. The predicted molar refractivity (Wildman–Crippen MR) is 93.5 cm³/mol. The summed E-state index contributed by atoms with van der Waals surface area (Å²) in [5.74, 6) is 0.241. The number of hydrogen-bond acceptors (Lipinski definition) is 5. The van der Waals surface area contributed by atoms with Gasteiger partial charge in [0, 0.05) is 11.4 Å². The molecule has 0 fully saturated rings. The summed E-state index contributed by atoms with van der Waals surface area (Å²) in [6.45, 7) is 3.89. The van der Waals surface area contributed by atoms with Crippen molar-refractivity contribution in [2.45, 2.75) is 13.8 Å². The highest BCUT2D eigenvalue weighted by Gasteiger charge is 2.16. The van der Waals surface area contributed by atoms with E-state index in [1.54, 1.807) is 11.6 Å². The van der Waals surface area contributed by atoms with Gasteiger partial charge in [0.2, 0.25) is 0 Å². The third-order valence-electron chi connectivity index (χ3n) is 3.31. The molecule has 3 aromatic rings. The molecule has 0 bridgehead atoms. The molecule has 1 aromatic carbocycles. The monoisotopic (exact) mass is 324 g/mol. The predicted octanol–water partition coefficient (Wildman–Crippen LogP) is 4.15. The molecule has 0 aliphatic rings. The van der Waals surface area contributed by atoms with Crippen LogP contribution in [0.1, 0.15) is 21.7 Å². The van der Waals surface area contributed by atoms with Crippen LogP contribution in [0.25, 0.3) is 0 Å². The van der Waals surface area contributed by atoms with Gasteiger partial charge in [0.15, 0.2) is 5.69 Å². The number of pyridine rings is 1. The third kappa shape index (κ3) is 3.54. The lowest BCUT2D eigenvalue weighted by Crippen LogP contribution is -2.15. The van der Waals surface area contributed by atoms with E-state index in [0.717, 1.165) is 16.9 Å². The highest BCUT2D eigenvalue weighted by atomic mass is 32.1. The number of nitrogens with one attached hydrogen (secondary N) is 2. The molecule has 0 unspecified atom stereocenters. The van der Waals surface area contributed by atoms with E-state index in [4.69, 9.17) is 0 Å². The summed E-state index contributed by atoms with van der Waals surface area (Å²) in [4.78, 5) is 20.9. The number of aryl methyl sites for hydroxylation is 2. The largest absolute Gasteiger partial charge is 0.345 e. The average molecular weight is 324 g/mol. The molecular weight excluding hydrogens is 308 g/mol. The summed E-state index contributed by atoms with van der Waals surface area (Å²) in [6, 6.07) is 13.4. The lowest BCUT2D eigenvalue weighted by Gasteiger charge is -2.09. The van der Waals surface area contributed by atoms with Gasteiger partial charge in [0.1, 0.15) is 10.8 Å². The van der Waals surface area contributed by atoms with Gasteiger partial charge < -0.3 is 10.6 Å². The molecule has 2 N–H and O–H groups in total. The lowest BCUT2D eigenvalue weighted by molar-refractivity contribution is 0.102. The molecule has 5 nitrogen and oxygen atoms in total. The highest BCUT2D eigenvalue weighted by molar-refractivity contribution is 7.14. The van der Waals surface area contributed by atoms with Crippen LogP contribution in [0.5, 0.6) is 0 Å². The van der Waals surface area contributed by atoms with E-state index in [1.807, 2.05) is 50.2 Å². The minimum absolute atomic E-state index is 0.277. The van der Waals surface area contributed by atoms with E-state index in [0.29, 0.717) is 16.5 Å². The van der Waals surface area contributed by atoms with Crippen LogP contribution in [-0.4, -0.2) is 15.9 Å². The van der Waals surface area contributed by atoms with Crippen molar-refractivity contribution in [3.8, 4) is 0 Å². The molecule has 0 aliphatic carbocycles. The van der Waals surface area contributed by atoms with Crippen molar-refractivity contribution in [1.82, 2.24) is 9.97 Å². The van der Waals surface area contributed by atoms with Gasteiger partial charge in [0.05, 0.1) is 5.51 Å². The SMILES string of the molecule is Cc1cccc(NC(=O)c2ncsc2Nc2ccccc2C)n1. The first kappa shape index (κ1) is 15.2. The molecule has 1 amide bonds. The van der Waals surface area contributed by atoms with Crippen molar-refractivity contribution < 1.29 is 4.79 Å². The zero-order valence-electron chi connectivity index (χ0n) is 12.8. The van der Waals surface area contributed by atoms with Crippen molar-refractivity contribution >= 4 is 33.8 Å². The molecule has 23 heavy (non-hydrogen) atoms. The normalized spacial score (nSPS) is 10.3. The van der Waals surface area contributed by atoms with Crippen LogP contribution in [0.15, 0.2) is 48.0 Å². The van der Waals surface area contributed by atoms with E-state index in [2.05, 4.69) is 20.6 Å². The van der Waals surface area contributed by atoms with E-state index in [1.165, 1.54) is 11.3 Å². The Morgan fingerprint density at radius 1 is 1.09 bits per heavy atom. The smallest absolute Gasteiger partial charge is 0.278 e. The molecule has 116 valence electrons. The Bertz CT molecular complexity index is 844. The molecule has 0 saturated heterocycles. The maximum Gasteiger partial charge on any atom is 0.278 e. The first-order valence-corrected chi connectivity index (χ1v) is 8.02. The summed E-state index contributed by atoms with van der Waals surface area (Å²) in [7, 11) is 0. The Kier molecular flexibility index (Phi) is 4.34. The number of para-hydroxylation sites is 1. The molecule has 0 atom stereocenters. The molecule has 3 rings (SSSR count). The zero-order chi connectivity index (χ0) is 16.2. The van der Waals surface area contributed by atoms with Crippen LogP contribution >= 0.6 is 11.3 Å². The maximum absolute atomic E-state index is 12.4. The summed E-state index contributed by atoms with van der Waals surface area (Å²) < 4.78 is 0.